The van der Waals surface area contributed by atoms with Gasteiger partial charge in [-0.25, -0.2) is 8.78 Å². The highest BCUT2D eigenvalue weighted by Crippen LogP contribution is 2.28. The van der Waals surface area contributed by atoms with E-state index in [0.29, 0.717) is 5.56 Å². The van der Waals surface area contributed by atoms with E-state index in [4.69, 9.17) is 5.11 Å². The van der Waals surface area contributed by atoms with Gasteiger partial charge in [-0.3, -0.25) is 0 Å². The van der Waals surface area contributed by atoms with Crippen molar-refractivity contribution in [1.29, 1.82) is 0 Å². The topological polar surface area (TPSA) is 20.2 Å². The maximum Gasteiger partial charge on any atom is 0.129 e. The van der Waals surface area contributed by atoms with Crippen molar-refractivity contribution in [3.05, 3.63) is 35.1 Å². The van der Waals surface area contributed by atoms with Gasteiger partial charge >= 0.3 is 0 Å². The zero-order valence-electron chi connectivity index (χ0n) is 8.35. The van der Waals surface area contributed by atoms with Crippen molar-refractivity contribution in [2.75, 3.05) is 6.61 Å². The summed E-state index contributed by atoms with van der Waals surface area (Å²) in [6, 6.07) is 4.40. The van der Waals surface area contributed by atoms with Gasteiger partial charge in [0.2, 0.25) is 0 Å². The van der Waals surface area contributed by atoms with Gasteiger partial charge in [-0.15, -0.1) is 0 Å². The minimum absolute atomic E-state index is 0.0477. The Hall–Kier alpha value is -0.960. The second kappa shape index (κ2) is 4.05. The quantitative estimate of drug-likeness (QED) is 0.795. The van der Waals surface area contributed by atoms with Crippen molar-refractivity contribution in [2.24, 2.45) is 0 Å². The number of aliphatic hydroxyl groups excluding tert-OH is 1. The van der Waals surface area contributed by atoms with E-state index >= 15 is 0 Å². The van der Waals surface area contributed by atoms with Gasteiger partial charge in [-0.2, -0.15) is 0 Å². The van der Waals surface area contributed by atoms with E-state index < -0.39 is 17.9 Å². The van der Waals surface area contributed by atoms with Gasteiger partial charge in [0.1, 0.15) is 12.5 Å². The Morgan fingerprint density at radius 1 is 1.36 bits per heavy atom. The molecule has 0 aromatic heterocycles. The van der Waals surface area contributed by atoms with Gasteiger partial charge in [-0.1, -0.05) is 26.0 Å². The first-order valence-electron chi connectivity index (χ1n) is 4.47. The second-order valence-corrected chi connectivity index (χ2v) is 3.94. The molecule has 0 aliphatic rings. The molecule has 0 fully saturated rings. The Labute approximate surface area is 82.4 Å². The third kappa shape index (κ3) is 1.93. The van der Waals surface area contributed by atoms with Gasteiger partial charge < -0.3 is 5.11 Å². The molecule has 0 bridgehead atoms. The molecule has 0 unspecified atom stereocenters. The average molecular weight is 200 g/mol. The van der Waals surface area contributed by atoms with Gasteiger partial charge in [0.05, 0.1) is 6.61 Å². The fourth-order valence-electron chi connectivity index (χ4n) is 1.41. The third-order valence-corrected chi connectivity index (χ3v) is 2.38. The van der Waals surface area contributed by atoms with Gasteiger partial charge in [0.25, 0.3) is 0 Å². The zero-order chi connectivity index (χ0) is 10.8. The van der Waals surface area contributed by atoms with Crippen molar-refractivity contribution >= 4 is 0 Å². The van der Waals surface area contributed by atoms with Crippen molar-refractivity contribution in [3.8, 4) is 0 Å². The van der Waals surface area contributed by atoms with E-state index in [1.54, 1.807) is 19.9 Å². The van der Waals surface area contributed by atoms with E-state index in [1.165, 1.54) is 12.1 Å². The predicted molar refractivity (Wildman–Crippen MR) is 51.3 cm³/mol. The van der Waals surface area contributed by atoms with Gasteiger partial charge in [0, 0.05) is 11.0 Å². The summed E-state index contributed by atoms with van der Waals surface area (Å²) in [4.78, 5) is 0. The van der Waals surface area contributed by atoms with E-state index in [0.717, 1.165) is 0 Å². The maximum absolute atomic E-state index is 13.2. The van der Waals surface area contributed by atoms with Crippen molar-refractivity contribution in [2.45, 2.75) is 25.9 Å². The van der Waals surface area contributed by atoms with Crippen LogP contribution >= 0.6 is 0 Å². The molecular weight excluding hydrogens is 186 g/mol. The average Bonchev–Trinajstić information content (AvgIpc) is 2.17. The minimum atomic E-state index is -0.842. The van der Waals surface area contributed by atoms with Crippen LogP contribution in [0.1, 0.15) is 25.0 Å². The Morgan fingerprint density at radius 2 is 2.00 bits per heavy atom. The van der Waals surface area contributed by atoms with Crippen LogP contribution in [0.25, 0.3) is 0 Å². The molecule has 0 aliphatic heterocycles. The lowest BCUT2D eigenvalue weighted by atomic mass is 9.82. The summed E-state index contributed by atoms with van der Waals surface area (Å²) in [7, 11) is 0. The van der Waals surface area contributed by atoms with Gasteiger partial charge in [0.15, 0.2) is 0 Å². The summed E-state index contributed by atoms with van der Waals surface area (Å²) in [6.07, 6.45) is 0. The first-order valence-corrected chi connectivity index (χ1v) is 4.47. The van der Waals surface area contributed by atoms with Gasteiger partial charge in [-0.05, 0) is 11.6 Å². The molecule has 0 aliphatic carbocycles. The molecule has 0 saturated carbocycles. The number of hydrogen-bond acceptors (Lipinski definition) is 1. The van der Waals surface area contributed by atoms with Crippen LogP contribution < -0.4 is 0 Å². The van der Waals surface area contributed by atoms with Crippen LogP contribution in [0.3, 0.4) is 0 Å². The van der Waals surface area contributed by atoms with Crippen LogP contribution in [0.2, 0.25) is 0 Å². The molecule has 1 nitrogen and oxygen atoms in total. The highest BCUT2D eigenvalue weighted by molar-refractivity contribution is 5.34. The summed E-state index contributed by atoms with van der Waals surface area (Å²) < 4.78 is 25.8. The molecule has 0 spiro atoms. The Balaban J connectivity index is 3.27. The van der Waals surface area contributed by atoms with Crippen molar-refractivity contribution in [3.63, 3.8) is 0 Å². The van der Waals surface area contributed by atoms with Crippen LogP contribution in [0.4, 0.5) is 8.78 Å². The molecule has 3 heteroatoms. The lowest BCUT2D eigenvalue weighted by Gasteiger charge is -2.24. The number of alkyl halides is 1. The van der Waals surface area contributed by atoms with Crippen LogP contribution in [-0.4, -0.2) is 11.7 Å². The molecule has 0 saturated heterocycles. The molecule has 0 heterocycles. The molecule has 0 radical (unpaired) electrons. The molecule has 78 valence electrons. The smallest absolute Gasteiger partial charge is 0.129 e. The molecule has 1 aromatic rings. The second-order valence-electron chi connectivity index (χ2n) is 3.94. The van der Waals surface area contributed by atoms with Crippen LogP contribution in [0.15, 0.2) is 18.2 Å². The summed E-state index contributed by atoms with van der Waals surface area (Å²) >= 11 is 0. The number of hydrogen-bond donors (Lipinski definition) is 1. The Morgan fingerprint density at radius 3 is 2.50 bits per heavy atom. The lowest BCUT2D eigenvalue weighted by Crippen LogP contribution is -2.24. The molecule has 1 N–H and O–H groups in total. The summed E-state index contributed by atoms with van der Waals surface area (Å²) in [5.41, 5.74) is -0.0298. The number of aliphatic hydroxyl groups is 1. The zero-order valence-corrected chi connectivity index (χ0v) is 8.35. The molecule has 0 amide bonds. The first-order chi connectivity index (χ1) is 6.53. The summed E-state index contributed by atoms with van der Waals surface area (Å²) in [6.45, 7) is 2.52. The van der Waals surface area contributed by atoms with Crippen LogP contribution in [-0.2, 0) is 12.1 Å². The number of rotatable bonds is 3. The lowest BCUT2D eigenvalue weighted by molar-refractivity contribution is 0.216. The molecule has 1 rings (SSSR count). The minimum Gasteiger partial charge on any atom is -0.395 e. The largest absolute Gasteiger partial charge is 0.395 e. The molecule has 0 atom stereocenters. The number of halogens is 2. The monoisotopic (exact) mass is 200 g/mol. The van der Waals surface area contributed by atoms with Crippen molar-refractivity contribution in [1.82, 2.24) is 0 Å². The molecule has 1 aromatic carbocycles. The fourth-order valence-corrected chi connectivity index (χ4v) is 1.41. The third-order valence-electron chi connectivity index (χ3n) is 2.38. The predicted octanol–water partition coefficient (Wildman–Crippen LogP) is 2.57. The normalized spacial score (nSPS) is 11.8. The summed E-state index contributed by atoms with van der Waals surface area (Å²) in [5, 5.41) is 9.11. The Bertz CT molecular complexity index is 321. The van der Waals surface area contributed by atoms with Crippen molar-refractivity contribution < 1.29 is 13.9 Å². The highest BCUT2D eigenvalue weighted by atomic mass is 19.1. The standard InChI is InChI=1S/C11H14F2O/c1-11(2,7-14)9-4-3-5-10(13)8(9)6-12/h3-5,14H,6-7H2,1-2H3. The summed E-state index contributed by atoms with van der Waals surface area (Å²) in [5.74, 6) is -0.550. The molecular formula is C11H14F2O. The van der Waals surface area contributed by atoms with Crippen LogP contribution in [0, 0.1) is 5.82 Å². The molecule has 14 heavy (non-hydrogen) atoms. The fraction of sp³-hybridized carbons (Fsp3) is 0.455. The SMILES string of the molecule is CC(C)(CO)c1cccc(F)c1CF. The van der Waals surface area contributed by atoms with E-state index in [-0.39, 0.29) is 12.2 Å². The van der Waals surface area contributed by atoms with E-state index in [1.807, 2.05) is 0 Å². The highest BCUT2D eigenvalue weighted by Gasteiger charge is 2.24. The number of benzene rings is 1. The van der Waals surface area contributed by atoms with Crippen LogP contribution in [0.5, 0.6) is 0 Å². The van der Waals surface area contributed by atoms with E-state index in [9.17, 15) is 8.78 Å². The first kappa shape index (κ1) is 11.1. The Kier molecular flexibility index (Phi) is 3.21. The maximum atomic E-state index is 13.2. The van der Waals surface area contributed by atoms with E-state index in [2.05, 4.69) is 0 Å².